The van der Waals surface area contributed by atoms with Crippen LogP contribution in [0.3, 0.4) is 0 Å². The number of hydrogen-bond acceptors (Lipinski definition) is 3. The van der Waals surface area contributed by atoms with E-state index in [1.54, 1.807) is 0 Å². The Morgan fingerprint density at radius 3 is 2.76 bits per heavy atom. The quantitative estimate of drug-likeness (QED) is 0.873. The number of nitrogens with one attached hydrogen (secondary N) is 1. The molecule has 0 saturated heterocycles. The number of benzene rings is 2. The first kappa shape index (κ1) is 17.5. The highest BCUT2D eigenvalue weighted by molar-refractivity contribution is 5.93. The minimum absolute atomic E-state index is 0.0227. The van der Waals surface area contributed by atoms with E-state index in [2.05, 4.69) is 36.2 Å². The van der Waals surface area contributed by atoms with Gasteiger partial charge >= 0.3 is 0 Å². The van der Waals surface area contributed by atoms with Crippen molar-refractivity contribution in [3.05, 3.63) is 59.7 Å². The standard InChI is InChI=1S/C21H26N2O2/c1-3-23(4-2)14-16-8-7-10-19(12-16)22-21(24)18-13-17-9-5-6-11-20(17)25-15-18/h5-12,18H,3-4,13-15H2,1-2H3,(H,22,24). The fraction of sp³-hybridized carbons (Fsp3) is 0.381. The lowest BCUT2D eigenvalue weighted by Gasteiger charge is -2.24. The Hall–Kier alpha value is -2.33. The minimum atomic E-state index is -0.152. The van der Waals surface area contributed by atoms with Crippen molar-refractivity contribution in [1.29, 1.82) is 0 Å². The predicted molar refractivity (Wildman–Crippen MR) is 101 cm³/mol. The van der Waals surface area contributed by atoms with Crippen molar-refractivity contribution < 1.29 is 9.53 Å². The van der Waals surface area contributed by atoms with Gasteiger partial charge in [0.05, 0.1) is 5.92 Å². The van der Waals surface area contributed by atoms with Gasteiger partial charge in [-0.05, 0) is 48.8 Å². The third kappa shape index (κ3) is 4.40. The van der Waals surface area contributed by atoms with Gasteiger partial charge in [0.1, 0.15) is 12.4 Å². The van der Waals surface area contributed by atoms with E-state index in [1.165, 1.54) is 5.56 Å². The van der Waals surface area contributed by atoms with Gasteiger partial charge < -0.3 is 10.1 Å². The normalized spacial score (nSPS) is 16.2. The van der Waals surface area contributed by atoms with Crippen LogP contribution in [0.5, 0.6) is 5.75 Å². The number of carbonyl (C=O) groups excluding carboxylic acids is 1. The molecular weight excluding hydrogens is 312 g/mol. The molecule has 0 aliphatic carbocycles. The van der Waals surface area contributed by atoms with Crippen molar-refractivity contribution in [2.75, 3.05) is 25.0 Å². The van der Waals surface area contributed by atoms with Crippen LogP contribution in [0.25, 0.3) is 0 Å². The van der Waals surface area contributed by atoms with Crippen LogP contribution in [0.1, 0.15) is 25.0 Å². The highest BCUT2D eigenvalue weighted by Crippen LogP contribution is 2.27. The second-order valence-electron chi connectivity index (χ2n) is 6.47. The number of carbonyl (C=O) groups is 1. The van der Waals surface area contributed by atoms with Crippen LogP contribution in [0.4, 0.5) is 5.69 Å². The summed E-state index contributed by atoms with van der Waals surface area (Å²) in [6, 6.07) is 16.0. The third-order valence-corrected chi connectivity index (χ3v) is 4.74. The van der Waals surface area contributed by atoms with Gasteiger partial charge in [-0.3, -0.25) is 9.69 Å². The first-order valence-corrected chi connectivity index (χ1v) is 9.02. The van der Waals surface area contributed by atoms with Crippen LogP contribution in [0.2, 0.25) is 0 Å². The first-order chi connectivity index (χ1) is 12.2. The van der Waals surface area contributed by atoms with Crippen molar-refractivity contribution in [3.63, 3.8) is 0 Å². The Morgan fingerprint density at radius 2 is 1.96 bits per heavy atom. The van der Waals surface area contributed by atoms with E-state index in [9.17, 15) is 4.79 Å². The molecule has 0 fully saturated rings. The molecule has 1 atom stereocenters. The molecule has 1 aliphatic rings. The molecule has 0 radical (unpaired) electrons. The lowest BCUT2D eigenvalue weighted by Crippen LogP contribution is -2.32. The fourth-order valence-electron chi connectivity index (χ4n) is 3.19. The monoisotopic (exact) mass is 338 g/mol. The fourth-order valence-corrected chi connectivity index (χ4v) is 3.19. The van der Waals surface area contributed by atoms with Crippen LogP contribution in [-0.2, 0) is 17.8 Å². The molecule has 1 amide bonds. The van der Waals surface area contributed by atoms with Crippen LogP contribution in [0.15, 0.2) is 48.5 Å². The Kier molecular flexibility index (Phi) is 5.71. The summed E-state index contributed by atoms with van der Waals surface area (Å²) in [4.78, 5) is 15.0. The number of ether oxygens (including phenoxy) is 1. The van der Waals surface area contributed by atoms with E-state index in [-0.39, 0.29) is 11.8 Å². The molecule has 1 heterocycles. The molecule has 0 saturated carbocycles. The molecule has 2 aromatic carbocycles. The van der Waals surface area contributed by atoms with Crippen LogP contribution in [0, 0.1) is 5.92 Å². The Bertz CT molecular complexity index is 725. The first-order valence-electron chi connectivity index (χ1n) is 9.02. The van der Waals surface area contributed by atoms with E-state index in [0.717, 1.165) is 43.1 Å². The maximum atomic E-state index is 12.6. The highest BCUT2D eigenvalue weighted by atomic mass is 16.5. The molecule has 1 N–H and O–H groups in total. The van der Waals surface area contributed by atoms with Gasteiger partial charge in [0.2, 0.25) is 5.91 Å². The summed E-state index contributed by atoms with van der Waals surface area (Å²) in [7, 11) is 0. The molecule has 1 unspecified atom stereocenters. The SMILES string of the molecule is CCN(CC)Cc1cccc(NC(=O)C2COc3ccccc3C2)c1. The second-order valence-corrected chi connectivity index (χ2v) is 6.47. The summed E-state index contributed by atoms with van der Waals surface area (Å²) in [5, 5.41) is 3.05. The maximum absolute atomic E-state index is 12.6. The summed E-state index contributed by atoms with van der Waals surface area (Å²) < 4.78 is 5.73. The Morgan fingerprint density at radius 1 is 1.16 bits per heavy atom. The second kappa shape index (κ2) is 8.17. The number of amides is 1. The van der Waals surface area contributed by atoms with Gasteiger partial charge in [0.15, 0.2) is 0 Å². The molecule has 0 bridgehead atoms. The number of hydrogen-bond donors (Lipinski definition) is 1. The third-order valence-electron chi connectivity index (χ3n) is 4.74. The Labute approximate surface area is 149 Å². The zero-order chi connectivity index (χ0) is 17.6. The van der Waals surface area contributed by atoms with Gasteiger partial charge in [-0.2, -0.15) is 0 Å². The average molecular weight is 338 g/mol. The lowest BCUT2D eigenvalue weighted by atomic mass is 9.96. The van der Waals surface area contributed by atoms with Crippen molar-refractivity contribution in [3.8, 4) is 5.75 Å². The van der Waals surface area contributed by atoms with Crippen molar-refractivity contribution >= 4 is 11.6 Å². The molecule has 0 spiro atoms. The van der Waals surface area contributed by atoms with E-state index in [4.69, 9.17) is 4.74 Å². The summed E-state index contributed by atoms with van der Waals surface area (Å²) >= 11 is 0. The maximum Gasteiger partial charge on any atom is 0.231 e. The summed E-state index contributed by atoms with van der Waals surface area (Å²) in [5.74, 6) is 0.767. The van der Waals surface area contributed by atoms with E-state index in [1.807, 2.05) is 36.4 Å². The van der Waals surface area contributed by atoms with Crippen molar-refractivity contribution in [2.24, 2.45) is 5.92 Å². The van der Waals surface area contributed by atoms with Gasteiger partial charge in [0.25, 0.3) is 0 Å². The molecule has 1 aliphatic heterocycles. The van der Waals surface area contributed by atoms with Gasteiger partial charge in [0, 0.05) is 12.2 Å². The topological polar surface area (TPSA) is 41.6 Å². The Balaban J connectivity index is 1.63. The van der Waals surface area contributed by atoms with E-state index >= 15 is 0 Å². The van der Waals surface area contributed by atoms with Gasteiger partial charge in [-0.15, -0.1) is 0 Å². The molecular formula is C21H26N2O2. The van der Waals surface area contributed by atoms with Gasteiger partial charge in [-0.25, -0.2) is 0 Å². The summed E-state index contributed by atoms with van der Waals surface area (Å²) in [6.07, 6.45) is 0.723. The zero-order valence-corrected chi connectivity index (χ0v) is 15.0. The van der Waals surface area contributed by atoms with E-state index < -0.39 is 0 Å². The number of anilines is 1. The summed E-state index contributed by atoms with van der Waals surface area (Å²) in [5.41, 5.74) is 3.17. The zero-order valence-electron chi connectivity index (χ0n) is 15.0. The van der Waals surface area contributed by atoms with Crippen LogP contribution < -0.4 is 10.1 Å². The lowest BCUT2D eigenvalue weighted by molar-refractivity contribution is -0.121. The van der Waals surface area contributed by atoms with Crippen LogP contribution >= 0.6 is 0 Å². The smallest absolute Gasteiger partial charge is 0.231 e. The number of fused-ring (bicyclic) bond motifs is 1. The molecule has 3 rings (SSSR count). The number of para-hydroxylation sites is 1. The highest BCUT2D eigenvalue weighted by Gasteiger charge is 2.25. The van der Waals surface area contributed by atoms with Crippen molar-refractivity contribution in [2.45, 2.75) is 26.8 Å². The minimum Gasteiger partial charge on any atom is -0.492 e. The molecule has 4 nitrogen and oxygen atoms in total. The van der Waals surface area contributed by atoms with Crippen LogP contribution in [-0.4, -0.2) is 30.5 Å². The molecule has 132 valence electrons. The molecule has 2 aromatic rings. The molecule has 0 aromatic heterocycles. The number of nitrogens with zero attached hydrogens (tertiary/aromatic N) is 1. The number of rotatable bonds is 6. The van der Waals surface area contributed by atoms with Crippen molar-refractivity contribution in [1.82, 2.24) is 4.90 Å². The van der Waals surface area contributed by atoms with Gasteiger partial charge in [-0.1, -0.05) is 44.2 Å². The summed E-state index contributed by atoms with van der Waals surface area (Å²) in [6.45, 7) is 7.70. The van der Waals surface area contributed by atoms with E-state index in [0.29, 0.717) is 6.61 Å². The molecule has 25 heavy (non-hydrogen) atoms. The predicted octanol–water partition coefficient (Wildman–Crippen LogP) is 3.72. The average Bonchev–Trinajstić information content (AvgIpc) is 2.66. The largest absolute Gasteiger partial charge is 0.492 e. The molecule has 4 heteroatoms.